The van der Waals surface area contributed by atoms with Crippen LogP contribution in [-0.4, -0.2) is 51.9 Å². The van der Waals surface area contributed by atoms with Crippen LogP contribution in [0.25, 0.3) is 10.2 Å². The van der Waals surface area contributed by atoms with Crippen molar-refractivity contribution in [3.8, 4) is 0 Å². The van der Waals surface area contributed by atoms with Crippen molar-refractivity contribution >= 4 is 39.2 Å². The molecule has 1 aliphatic carbocycles. The van der Waals surface area contributed by atoms with Crippen LogP contribution in [0.4, 0.5) is 0 Å². The molecule has 8 heteroatoms. The zero-order valence-corrected chi connectivity index (χ0v) is 21.3. The van der Waals surface area contributed by atoms with Gasteiger partial charge >= 0.3 is 0 Å². The van der Waals surface area contributed by atoms with Gasteiger partial charge in [0.1, 0.15) is 4.83 Å². The molecule has 1 amide bonds. The number of fused-ring (bicyclic) bond motifs is 1. The number of rotatable bonds is 7. The monoisotopic (exact) mass is 477 g/mol. The van der Waals surface area contributed by atoms with E-state index in [2.05, 4.69) is 20.8 Å². The minimum Gasteiger partial charge on any atom is -0.376 e. The molecule has 0 aromatic carbocycles. The van der Waals surface area contributed by atoms with Crippen LogP contribution in [0.2, 0.25) is 0 Å². The molecule has 0 N–H and O–H groups in total. The summed E-state index contributed by atoms with van der Waals surface area (Å²) in [6.07, 6.45) is 7.38. The number of thiophene rings is 1. The average Bonchev–Trinajstić information content (AvgIpc) is 3.41. The zero-order valence-electron chi connectivity index (χ0n) is 19.7. The maximum atomic E-state index is 13.6. The molecule has 4 rings (SSSR count). The molecule has 1 aliphatic heterocycles. The summed E-state index contributed by atoms with van der Waals surface area (Å²) in [4.78, 5) is 35.3. The number of thioether (sulfide) groups is 1. The lowest BCUT2D eigenvalue weighted by Gasteiger charge is -2.33. The van der Waals surface area contributed by atoms with Gasteiger partial charge < -0.3 is 9.64 Å². The third kappa shape index (κ3) is 4.92. The number of nitrogens with zero attached hydrogens (tertiary/aromatic N) is 3. The summed E-state index contributed by atoms with van der Waals surface area (Å²) in [6, 6.07) is 0.330. The first-order chi connectivity index (χ1) is 15.4. The van der Waals surface area contributed by atoms with Crippen LogP contribution >= 0.6 is 23.1 Å². The van der Waals surface area contributed by atoms with E-state index < -0.39 is 0 Å². The van der Waals surface area contributed by atoms with Gasteiger partial charge in [-0.1, -0.05) is 25.6 Å². The van der Waals surface area contributed by atoms with Crippen LogP contribution in [0, 0.1) is 12.8 Å². The summed E-state index contributed by atoms with van der Waals surface area (Å²) in [5.41, 5.74) is 1.11. The fourth-order valence-electron chi connectivity index (χ4n) is 4.98. The number of amides is 1. The van der Waals surface area contributed by atoms with E-state index in [0.717, 1.165) is 65.3 Å². The minimum atomic E-state index is 0.0104. The molecule has 2 aromatic rings. The van der Waals surface area contributed by atoms with Gasteiger partial charge in [0.25, 0.3) is 5.56 Å². The number of carbonyl (C=O) groups excluding carboxylic acids is 1. The molecule has 32 heavy (non-hydrogen) atoms. The first-order valence-electron chi connectivity index (χ1n) is 11.9. The number of aryl methyl sites for hydroxylation is 2. The lowest BCUT2D eigenvalue weighted by molar-refractivity contribution is -0.129. The number of hydrogen-bond acceptors (Lipinski definition) is 6. The Balaban J connectivity index is 1.57. The highest BCUT2D eigenvalue weighted by molar-refractivity contribution is 7.99. The number of hydrogen-bond donors (Lipinski definition) is 0. The van der Waals surface area contributed by atoms with E-state index >= 15 is 0 Å². The van der Waals surface area contributed by atoms with Gasteiger partial charge in [0, 0.05) is 24.6 Å². The van der Waals surface area contributed by atoms with E-state index in [1.54, 1.807) is 15.9 Å². The van der Waals surface area contributed by atoms with Crippen molar-refractivity contribution in [2.45, 2.75) is 89.6 Å². The summed E-state index contributed by atoms with van der Waals surface area (Å²) in [6.45, 7) is 7.69. The van der Waals surface area contributed by atoms with Crippen molar-refractivity contribution in [3.63, 3.8) is 0 Å². The van der Waals surface area contributed by atoms with Crippen molar-refractivity contribution in [1.29, 1.82) is 0 Å². The van der Waals surface area contributed by atoms with Gasteiger partial charge in [-0.05, 0) is 63.4 Å². The van der Waals surface area contributed by atoms with Gasteiger partial charge in [-0.3, -0.25) is 14.2 Å². The van der Waals surface area contributed by atoms with E-state index in [1.807, 2.05) is 11.9 Å². The Bertz CT molecular complexity index is 1020. The fourth-order valence-corrected chi connectivity index (χ4v) is 7.07. The maximum Gasteiger partial charge on any atom is 0.263 e. The molecule has 1 saturated heterocycles. The normalized spacial score (nSPS) is 23.7. The third-order valence-electron chi connectivity index (χ3n) is 7.09. The van der Waals surface area contributed by atoms with Gasteiger partial charge in [-0.15, -0.1) is 11.3 Å². The topological polar surface area (TPSA) is 64.4 Å². The Kier molecular flexibility index (Phi) is 7.62. The Morgan fingerprint density at radius 2 is 2.03 bits per heavy atom. The third-order valence-corrected chi connectivity index (χ3v) is 9.09. The highest BCUT2D eigenvalue weighted by Crippen LogP contribution is 2.31. The second-order valence-electron chi connectivity index (χ2n) is 9.32. The average molecular weight is 478 g/mol. The van der Waals surface area contributed by atoms with Crippen LogP contribution in [-0.2, 0) is 22.5 Å². The molecule has 2 aliphatic rings. The second-order valence-corrected chi connectivity index (χ2v) is 11.5. The van der Waals surface area contributed by atoms with E-state index in [9.17, 15) is 9.59 Å². The van der Waals surface area contributed by atoms with Crippen molar-refractivity contribution in [3.05, 3.63) is 20.8 Å². The summed E-state index contributed by atoms with van der Waals surface area (Å²) in [5, 5.41) is 1.39. The Morgan fingerprint density at radius 1 is 1.28 bits per heavy atom. The lowest BCUT2D eigenvalue weighted by atomic mass is 9.87. The van der Waals surface area contributed by atoms with Crippen LogP contribution in [0.5, 0.6) is 0 Å². The van der Waals surface area contributed by atoms with E-state index in [1.165, 1.54) is 24.6 Å². The molecule has 0 bridgehead atoms. The number of carbonyl (C=O) groups is 1. The molecule has 176 valence electrons. The van der Waals surface area contributed by atoms with Crippen LogP contribution in [0.1, 0.15) is 62.8 Å². The molecule has 2 aromatic heterocycles. The molecule has 0 radical (unpaired) electrons. The van der Waals surface area contributed by atoms with E-state index in [-0.39, 0.29) is 17.6 Å². The van der Waals surface area contributed by atoms with Gasteiger partial charge in [-0.25, -0.2) is 4.98 Å². The van der Waals surface area contributed by atoms with Gasteiger partial charge in [-0.2, -0.15) is 0 Å². The van der Waals surface area contributed by atoms with Crippen molar-refractivity contribution in [2.24, 2.45) is 5.92 Å². The number of aromatic nitrogens is 2. The van der Waals surface area contributed by atoms with E-state index in [4.69, 9.17) is 9.72 Å². The summed E-state index contributed by atoms with van der Waals surface area (Å²) >= 11 is 2.98. The van der Waals surface area contributed by atoms with Gasteiger partial charge in [0.15, 0.2) is 5.16 Å². The number of ether oxygens (including phenoxy) is 1. The predicted octanol–water partition coefficient (Wildman–Crippen LogP) is 4.64. The highest BCUT2D eigenvalue weighted by atomic mass is 32.2. The second kappa shape index (κ2) is 10.3. The van der Waals surface area contributed by atoms with Crippen molar-refractivity contribution < 1.29 is 9.53 Å². The Morgan fingerprint density at radius 3 is 2.69 bits per heavy atom. The summed E-state index contributed by atoms with van der Waals surface area (Å²) in [7, 11) is 1.93. The highest BCUT2D eigenvalue weighted by Gasteiger charge is 2.26. The Hall–Kier alpha value is -1.38. The molecule has 1 saturated carbocycles. The Labute approximate surface area is 198 Å². The first kappa shape index (κ1) is 23.8. The van der Waals surface area contributed by atoms with Crippen LogP contribution in [0.3, 0.4) is 0 Å². The molecule has 3 heterocycles. The molecule has 6 nitrogen and oxygen atoms in total. The van der Waals surface area contributed by atoms with Crippen LogP contribution < -0.4 is 5.56 Å². The maximum absolute atomic E-state index is 13.6. The first-order valence-corrected chi connectivity index (χ1v) is 13.7. The molecular formula is C24H35N3O3S2. The zero-order chi connectivity index (χ0) is 22.8. The van der Waals surface area contributed by atoms with Gasteiger partial charge in [0.05, 0.1) is 23.8 Å². The van der Waals surface area contributed by atoms with Crippen molar-refractivity contribution in [2.75, 3.05) is 19.4 Å². The standard InChI is InChI=1S/C24H35N3O3S2/c1-5-19-16(3)32-22-21(19)23(29)27(13-18-7-6-12-30-18)24(25-22)31-14-20(28)26(4)17-10-8-15(2)9-11-17/h15,17-18H,5-14H2,1-4H3. The lowest BCUT2D eigenvalue weighted by Crippen LogP contribution is -2.40. The van der Waals surface area contributed by atoms with Crippen molar-refractivity contribution in [1.82, 2.24) is 14.5 Å². The summed E-state index contributed by atoms with van der Waals surface area (Å²) in [5.74, 6) is 1.18. The predicted molar refractivity (Wildman–Crippen MR) is 132 cm³/mol. The molecule has 1 atom stereocenters. The smallest absolute Gasteiger partial charge is 0.263 e. The van der Waals surface area contributed by atoms with E-state index in [0.29, 0.717) is 23.5 Å². The minimum absolute atomic E-state index is 0.0104. The molecular weight excluding hydrogens is 442 g/mol. The SMILES string of the molecule is CCc1c(C)sc2nc(SCC(=O)N(C)C3CCC(C)CC3)n(CC3CCCO3)c(=O)c12. The fraction of sp³-hybridized carbons (Fsp3) is 0.708. The molecule has 2 fully saturated rings. The molecule has 0 spiro atoms. The van der Waals surface area contributed by atoms with Gasteiger partial charge in [0.2, 0.25) is 5.91 Å². The largest absolute Gasteiger partial charge is 0.376 e. The quantitative estimate of drug-likeness (QED) is 0.429. The summed E-state index contributed by atoms with van der Waals surface area (Å²) < 4.78 is 7.59. The molecule has 1 unspecified atom stereocenters. The van der Waals surface area contributed by atoms with Crippen LogP contribution in [0.15, 0.2) is 9.95 Å².